The minimum Gasteiger partial charge on any atom is -0.490 e. The number of hydrogen-bond donors (Lipinski definition) is 2. The minimum atomic E-state index is 0.581. The molecule has 0 amide bonds. The fourth-order valence-corrected chi connectivity index (χ4v) is 2.61. The molecule has 6 nitrogen and oxygen atoms in total. The van der Waals surface area contributed by atoms with Crippen LogP contribution in [0.15, 0.2) is 24.3 Å². The number of nitrogens with one attached hydrogen (secondary N) is 2. The maximum atomic E-state index is 5.68. The van der Waals surface area contributed by atoms with E-state index in [4.69, 9.17) is 9.47 Å². The van der Waals surface area contributed by atoms with Crippen LogP contribution in [0, 0.1) is 13.8 Å². The van der Waals surface area contributed by atoms with Gasteiger partial charge in [0.15, 0.2) is 11.5 Å². The normalized spacial score (nSPS) is 10.8. The van der Waals surface area contributed by atoms with Gasteiger partial charge in [0.05, 0.1) is 18.6 Å². The maximum Gasteiger partial charge on any atom is 0.163 e. The average molecular weight is 326 g/mol. The highest BCUT2D eigenvalue weighted by molar-refractivity contribution is 5.89. The van der Waals surface area contributed by atoms with E-state index in [9.17, 15) is 0 Å². The van der Waals surface area contributed by atoms with E-state index in [-0.39, 0.29) is 0 Å². The zero-order valence-electron chi connectivity index (χ0n) is 14.4. The lowest BCUT2D eigenvalue weighted by atomic mass is 10.2. The van der Waals surface area contributed by atoms with Crippen LogP contribution >= 0.6 is 0 Å². The SMILES string of the molecule is CCOc1ccc(Nc2nc(C)nc3[nH]c(C)cc23)cc1OCC. The van der Waals surface area contributed by atoms with Crippen LogP contribution in [-0.2, 0) is 0 Å². The van der Waals surface area contributed by atoms with Gasteiger partial charge in [-0.3, -0.25) is 0 Å². The van der Waals surface area contributed by atoms with Gasteiger partial charge in [0.2, 0.25) is 0 Å². The van der Waals surface area contributed by atoms with Crippen LogP contribution in [0.5, 0.6) is 11.5 Å². The van der Waals surface area contributed by atoms with Crippen LogP contribution in [0.2, 0.25) is 0 Å². The highest BCUT2D eigenvalue weighted by Gasteiger charge is 2.11. The van der Waals surface area contributed by atoms with Gasteiger partial charge in [-0.1, -0.05) is 0 Å². The fraction of sp³-hybridized carbons (Fsp3) is 0.333. The predicted octanol–water partition coefficient (Wildman–Crippen LogP) is 4.12. The summed E-state index contributed by atoms with van der Waals surface area (Å²) in [7, 11) is 0. The number of hydrogen-bond acceptors (Lipinski definition) is 5. The lowest BCUT2D eigenvalue weighted by Crippen LogP contribution is -2.01. The number of rotatable bonds is 6. The van der Waals surface area contributed by atoms with Crippen molar-refractivity contribution in [2.45, 2.75) is 27.7 Å². The zero-order chi connectivity index (χ0) is 17.1. The van der Waals surface area contributed by atoms with Crippen molar-refractivity contribution in [2.75, 3.05) is 18.5 Å². The van der Waals surface area contributed by atoms with Crippen LogP contribution in [0.25, 0.3) is 11.0 Å². The quantitative estimate of drug-likeness (QED) is 0.713. The Kier molecular flexibility index (Phi) is 4.55. The predicted molar refractivity (Wildman–Crippen MR) is 95.4 cm³/mol. The van der Waals surface area contributed by atoms with Gasteiger partial charge in [-0.15, -0.1) is 0 Å². The Morgan fingerprint density at radius 3 is 2.50 bits per heavy atom. The van der Waals surface area contributed by atoms with E-state index in [0.29, 0.717) is 19.0 Å². The van der Waals surface area contributed by atoms with Crippen molar-refractivity contribution in [2.24, 2.45) is 0 Å². The van der Waals surface area contributed by atoms with Crippen molar-refractivity contribution in [3.05, 3.63) is 35.8 Å². The summed E-state index contributed by atoms with van der Waals surface area (Å²) in [5.74, 6) is 2.94. The largest absolute Gasteiger partial charge is 0.490 e. The summed E-state index contributed by atoms with van der Waals surface area (Å²) in [6, 6.07) is 7.83. The summed E-state index contributed by atoms with van der Waals surface area (Å²) in [5, 5.41) is 4.33. The number of nitrogens with zero attached hydrogens (tertiary/aromatic N) is 2. The van der Waals surface area contributed by atoms with Gasteiger partial charge in [-0.2, -0.15) is 0 Å². The van der Waals surface area contributed by atoms with Gasteiger partial charge in [-0.05, 0) is 45.9 Å². The molecule has 0 spiro atoms. The van der Waals surface area contributed by atoms with Crippen LogP contribution in [-0.4, -0.2) is 28.2 Å². The van der Waals surface area contributed by atoms with Gasteiger partial charge in [0.1, 0.15) is 17.3 Å². The molecule has 0 unspecified atom stereocenters. The number of aromatic nitrogens is 3. The van der Waals surface area contributed by atoms with Crippen molar-refractivity contribution < 1.29 is 9.47 Å². The molecular formula is C18H22N4O2. The van der Waals surface area contributed by atoms with E-state index in [1.807, 2.05) is 52.0 Å². The number of ether oxygens (including phenoxy) is 2. The van der Waals surface area contributed by atoms with Crippen LogP contribution in [0.3, 0.4) is 0 Å². The number of H-pyrrole nitrogens is 1. The van der Waals surface area contributed by atoms with Crippen molar-refractivity contribution in [1.29, 1.82) is 0 Å². The second-order valence-corrected chi connectivity index (χ2v) is 5.49. The molecule has 2 aromatic heterocycles. The Hall–Kier alpha value is -2.76. The third kappa shape index (κ3) is 3.27. The molecule has 0 aliphatic carbocycles. The summed E-state index contributed by atoms with van der Waals surface area (Å²) in [5.41, 5.74) is 2.77. The second-order valence-electron chi connectivity index (χ2n) is 5.49. The number of fused-ring (bicyclic) bond motifs is 1. The Balaban J connectivity index is 1.97. The Morgan fingerprint density at radius 1 is 1.00 bits per heavy atom. The van der Waals surface area contributed by atoms with Gasteiger partial charge < -0.3 is 19.8 Å². The molecule has 0 radical (unpaired) electrons. The summed E-state index contributed by atoms with van der Waals surface area (Å²) in [4.78, 5) is 12.2. The molecule has 2 N–H and O–H groups in total. The third-order valence-corrected chi connectivity index (χ3v) is 3.54. The van der Waals surface area contributed by atoms with E-state index in [1.54, 1.807) is 0 Å². The molecule has 0 bridgehead atoms. The molecular weight excluding hydrogens is 304 g/mol. The van der Waals surface area contributed by atoms with Crippen molar-refractivity contribution in [3.63, 3.8) is 0 Å². The molecule has 126 valence electrons. The zero-order valence-corrected chi connectivity index (χ0v) is 14.4. The Bertz CT molecular complexity index is 858. The van der Waals surface area contributed by atoms with Gasteiger partial charge in [-0.25, -0.2) is 9.97 Å². The number of aromatic amines is 1. The van der Waals surface area contributed by atoms with E-state index in [2.05, 4.69) is 20.3 Å². The van der Waals surface area contributed by atoms with Gasteiger partial charge in [0, 0.05) is 17.4 Å². The lowest BCUT2D eigenvalue weighted by molar-refractivity contribution is 0.288. The molecule has 24 heavy (non-hydrogen) atoms. The minimum absolute atomic E-state index is 0.581. The number of benzene rings is 1. The van der Waals surface area contributed by atoms with Crippen molar-refractivity contribution in [3.8, 4) is 11.5 Å². The monoisotopic (exact) mass is 326 g/mol. The average Bonchev–Trinajstić information content (AvgIpc) is 2.90. The van der Waals surface area contributed by atoms with Crippen LogP contribution in [0.4, 0.5) is 11.5 Å². The topological polar surface area (TPSA) is 72.1 Å². The first-order chi connectivity index (χ1) is 11.6. The molecule has 0 saturated carbocycles. The summed E-state index contributed by atoms with van der Waals surface area (Å²) < 4.78 is 11.3. The van der Waals surface area contributed by atoms with E-state index in [1.165, 1.54) is 0 Å². The highest BCUT2D eigenvalue weighted by atomic mass is 16.5. The summed E-state index contributed by atoms with van der Waals surface area (Å²) >= 11 is 0. The molecule has 2 heterocycles. The van der Waals surface area contributed by atoms with Crippen LogP contribution < -0.4 is 14.8 Å². The van der Waals surface area contributed by atoms with Gasteiger partial charge in [0.25, 0.3) is 0 Å². The van der Waals surface area contributed by atoms with E-state index < -0.39 is 0 Å². The number of aryl methyl sites for hydroxylation is 2. The standard InChI is InChI=1S/C18H22N4O2/c1-5-23-15-8-7-13(10-16(15)24-6-2)22-18-14-9-11(3)19-17(14)20-12(4)21-18/h7-10H,5-6H2,1-4H3,(H2,19,20,21,22). The van der Waals surface area contributed by atoms with Gasteiger partial charge >= 0.3 is 0 Å². The molecule has 6 heteroatoms. The molecule has 0 aliphatic heterocycles. The highest BCUT2D eigenvalue weighted by Crippen LogP contribution is 2.33. The molecule has 1 aromatic carbocycles. The first-order valence-corrected chi connectivity index (χ1v) is 8.11. The lowest BCUT2D eigenvalue weighted by Gasteiger charge is -2.13. The molecule has 0 aliphatic rings. The smallest absolute Gasteiger partial charge is 0.163 e. The Morgan fingerprint density at radius 2 is 1.75 bits per heavy atom. The second kappa shape index (κ2) is 6.78. The first-order valence-electron chi connectivity index (χ1n) is 8.11. The van der Waals surface area contributed by atoms with Crippen molar-refractivity contribution in [1.82, 2.24) is 15.0 Å². The summed E-state index contributed by atoms with van der Waals surface area (Å²) in [6.45, 7) is 8.97. The summed E-state index contributed by atoms with van der Waals surface area (Å²) in [6.07, 6.45) is 0. The van der Waals surface area contributed by atoms with E-state index in [0.717, 1.165) is 39.7 Å². The molecule has 0 fully saturated rings. The molecule has 0 saturated heterocycles. The molecule has 3 rings (SSSR count). The molecule has 0 atom stereocenters. The Labute approximate surface area is 141 Å². The van der Waals surface area contributed by atoms with Crippen molar-refractivity contribution >= 4 is 22.5 Å². The first kappa shape index (κ1) is 16.1. The number of anilines is 2. The third-order valence-electron chi connectivity index (χ3n) is 3.54. The van der Waals surface area contributed by atoms with E-state index >= 15 is 0 Å². The molecule has 3 aromatic rings. The van der Waals surface area contributed by atoms with Crippen LogP contribution in [0.1, 0.15) is 25.4 Å². The maximum absolute atomic E-state index is 5.68. The fourth-order valence-electron chi connectivity index (χ4n) is 2.61.